The van der Waals surface area contributed by atoms with E-state index in [1.54, 1.807) is 0 Å². The Balaban J connectivity index is 1.96. The van der Waals surface area contributed by atoms with E-state index in [4.69, 9.17) is 5.73 Å². The van der Waals surface area contributed by atoms with E-state index in [0.29, 0.717) is 11.8 Å². The first-order chi connectivity index (χ1) is 7.76. The highest BCUT2D eigenvalue weighted by Crippen LogP contribution is 2.44. The Labute approximate surface area is 105 Å². The van der Waals surface area contributed by atoms with Gasteiger partial charge in [-0.2, -0.15) is 0 Å². The van der Waals surface area contributed by atoms with E-state index in [-0.39, 0.29) is 16.9 Å². The molecule has 2 fully saturated rings. The number of rotatable bonds is 2. The maximum Gasteiger partial charge on any atom is 0.226 e. The van der Waals surface area contributed by atoms with Crippen molar-refractivity contribution in [1.82, 2.24) is 4.90 Å². The molecule has 2 aliphatic rings. The maximum absolute atomic E-state index is 12.4. The molecule has 3 nitrogen and oxygen atoms in total. The van der Waals surface area contributed by atoms with Crippen molar-refractivity contribution >= 4 is 5.91 Å². The third-order valence-electron chi connectivity index (χ3n) is 4.99. The molecule has 3 heteroatoms. The monoisotopic (exact) mass is 238 g/mol. The highest BCUT2D eigenvalue weighted by Gasteiger charge is 2.49. The molecule has 2 rings (SSSR count). The summed E-state index contributed by atoms with van der Waals surface area (Å²) in [7, 11) is 0. The van der Waals surface area contributed by atoms with Crippen molar-refractivity contribution in [3.63, 3.8) is 0 Å². The smallest absolute Gasteiger partial charge is 0.226 e. The molecule has 0 radical (unpaired) electrons. The van der Waals surface area contributed by atoms with Crippen LogP contribution in [0.3, 0.4) is 0 Å². The van der Waals surface area contributed by atoms with Crippen LogP contribution in [-0.2, 0) is 4.79 Å². The molecule has 1 heterocycles. The average molecular weight is 238 g/mol. The lowest BCUT2D eigenvalue weighted by atomic mass is 9.76. The molecule has 1 aliphatic heterocycles. The number of nitrogens with two attached hydrogens (primary N) is 1. The van der Waals surface area contributed by atoms with E-state index in [0.717, 1.165) is 19.5 Å². The third kappa shape index (κ3) is 2.10. The molecule has 0 aromatic heterocycles. The fraction of sp³-hybridized carbons (Fsp3) is 0.929. The van der Waals surface area contributed by atoms with Gasteiger partial charge in [0.2, 0.25) is 5.91 Å². The number of hydrogen-bond donors (Lipinski definition) is 1. The summed E-state index contributed by atoms with van der Waals surface area (Å²) in [6, 6.07) is 0. The first-order valence-corrected chi connectivity index (χ1v) is 6.84. The van der Waals surface area contributed by atoms with Crippen molar-refractivity contribution in [2.24, 2.45) is 23.0 Å². The molecule has 1 saturated heterocycles. The largest absolute Gasteiger partial charge is 0.339 e. The van der Waals surface area contributed by atoms with Gasteiger partial charge in [0.25, 0.3) is 0 Å². The topological polar surface area (TPSA) is 46.3 Å². The van der Waals surface area contributed by atoms with Gasteiger partial charge in [-0.1, -0.05) is 34.1 Å². The Kier molecular flexibility index (Phi) is 3.01. The summed E-state index contributed by atoms with van der Waals surface area (Å²) < 4.78 is 0. The molecule has 1 amide bonds. The summed E-state index contributed by atoms with van der Waals surface area (Å²) in [6.07, 6.45) is 3.42. The summed E-state index contributed by atoms with van der Waals surface area (Å²) in [5.74, 6) is 1.01. The molecule has 17 heavy (non-hydrogen) atoms. The Hall–Kier alpha value is -0.570. The molecule has 1 atom stereocenters. The van der Waals surface area contributed by atoms with Crippen LogP contribution in [0, 0.1) is 17.3 Å². The number of carbonyl (C=O) groups is 1. The fourth-order valence-corrected chi connectivity index (χ4v) is 3.19. The van der Waals surface area contributed by atoms with Gasteiger partial charge in [0.15, 0.2) is 0 Å². The summed E-state index contributed by atoms with van der Waals surface area (Å²) in [4.78, 5) is 14.4. The Morgan fingerprint density at radius 2 is 1.94 bits per heavy atom. The standard InChI is InChI=1S/C14H26N2O/c1-10(2)14(15)8-16(9-14)12(17)11-6-5-7-13(11,3)4/h10-11H,5-9,15H2,1-4H3. The summed E-state index contributed by atoms with van der Waals surface area (Å²) in [6.45, 7) is 10.2. The number of likely N-dealkylation sites (tertiary alicyclic amines) is 1. The fourth-order valence-electron chi connectivity index (χ4n) is 3.19. The zero-order valence-electron chi connectivity index (χ0n) is 11.6. The van der Waals surface area contributed by atoms with Crippen molar-refractivity contribution in [1.29, 1.82) is 0 Å². The zero-order chi connectivity index (χ0) is 12.8. The SMILES string of the molecule is CC(C)C1(N)CN(C(=O)C2CCCC2(C)C)C1. The van der Waals surface area contributed by atoms with Crippen molar-refractivity contribution in [3.05, 3.63) is 0 Å². The van der Waals surface area contributed by atoms with Crippen LogP contribution in [0.2, 0.25) is 0 Å². The predicted molar refractivity (Wildman–Crippen MR) is 69.5 cm³/mol. The van der Waals surface area contributed by atoms with Crippen LogP contribution in [-0.4, -0.2) is 29.4 Å². The highest BCUT2D eigenvalue weighted by molar-refractivity contribution is 5.81. The minimum atomic E-state index is -0.140. The van der Waals surface area contributed by atoms with Gasteiger partial charge in [-0.25, -0.2) is 0 Å². The molecule has 1 saturated carbocycles. The normalized spacial score (nSPS) is 30.5. The van der Waals surface area contributed by atoms with Crippen molar-refractivity contribution in [2.75, 3.05) is 13.1 Å². The minimum absolute atomic E-state index is 0.140. The lowest BCUT2D eigenvalue weighted by Gasteiger charge is -2.51. The zero-order valence-corrected chi connectivity index (χ0v) is 11.6. The van der Waals surface area contributed by atoms with Crippen molar-refractivity contribution < 1.29 is 4.79 Å². The Morgan fingerprint density at radius 3 is 2.35 bits per heavy atom. The van der Waals surface area contributed by atoms with Gasteiger partial charge in [-0.05, 0) is 24.2 Å². The number of carbonyl (C=O) groups excluding carboxylic acids is 1. The van der Waals surface area contributed by atoms with Gasteiger partial charge in [-0.15, -0.1) is 0 Å². The lowest BCUT2D eigenvalue weighted by Crippen LogP contribution is -2.71. The second-order valence-corrected chi connectivity index (χ2v) is 7.02. The van der Waals surface area contributed by atoms with E-state index in [1.165, 1.54) is 12.8 Å². The molecule has 0 aromatic rings. The van der Waals surface area contributed by atoms with Gasteiger partial charge in [0.1, 0.15) is 0 Å². The third-order valence-corrected chi connectivity index (χ3v) is 4.99. The molecular weight excluding hydrogens is 212 g/mol. The molecule has 0 aromatic carbocycles. The Morgan fingerprint density at radius 1 is 1.35 bits per heavy atom. The van der Waals surface area contributed by atoms with Crippen LogP contribution < -0.4 is 5.73 Å². The van der Waals surface area contributed by atoms with Crippen LogP contribution in [0.4, 0.5) is 0 Å². The van der Waals surface area contributed by atoms with E-state index in [1.807, 2.05) is 4.90 Å². The van der Waals surface area contributed by atoms with Gasteiger partial charge in [0, 0.05) is 19.0 Å². The van der Waals surface area contributed by atoms with Gasteiger partial charge in [0.05, 0.1) is 5.54 Å². The number of hydrogen-bond acceptors (Lipinski definition) is 2. The maximum atomic E-state index is 12.4. The predicted octanol–water partition coefficient (Wildman–Crippen LogP) is 2.01. The van der Waals surface area contributed by atoms with Crippen molar-refractivity contribution in [3.8, 4) is 0 Å². The van der Waals surface area contributed by atoms with E-state index in [2.05, 4.69) is 27.7 Å². The molecule has 98 valence electrons. The van der Waals surface area contributed by atoms with Gasteiger partial charge in [-0.3, -0.25) is 4.79 Å². The first-order valence-electron chi connectivity index (χ1n) is 6.84. The summed E-state index contributed by atoms with van der Waals surface area (Å²) in [5, 5.41) is 0. The van der Waals surface area contributed by atoms with E-state index in [9.17, 15) is 4.79 Å². The second kappa shape index (κ2) is 3.98. The quantitative estimate of drug-likeness (QED) is 0.800. The summed E-state index contributed by atoms with van der Waals surface area (Å²) >= 11 is 0. The molecular formula is C14H26N2O. The van der Waals surface area contributed by atoms with Crippen molar-refractivity contribution in [2.45, 2.75) is 52.5 Å². The first kappa shape index (κ1) is 12.9. The lowest BCUT2D eigenvalue weighted by molar-refractivity contribution is -0.147. The molecule has 0 bridgehead atoms. The summed E-state index contributed by atoms with van der Waals surface area (Å²) in [5.41, 5.74) is 6.29. The van der Waals surface area contributed by atoms with Crippen LogP contribution >= 0.6 is 0 Å². The second-order valence-electron chi connectivity index (χ2n) is 7.02. The van der Waals surface area contributed by atoms with Crippen LogP contribution in [0.15, 0.2) is 0 Å². The molecule has 1 unspecified atom stereocenters. The van der Waals surface area contributed by atoms with Crippen LogP contribution in [0.25, 0.3) is 0 Å². The van der Waals surface area contributed by atoms with Gasteiger partial charge < -0.3 is 10.6 Å². The number of amides is 1. The van der Waals surface area contributed by atoms with Crippen LogP contribution in [0.1, 0.15) is 47.0 Å². The highest BCUT2D eigenvalue weighted by atomic mass is 16.2. The Bertz CT molecular complexity index is 316. The minimum Gasteiger partial charge on any atom is -0.339 e. The van der Waals surface area contributed by atoms with Gasteiger partial charge >= 0.3 is 0 Å². The molecule has 2 N–H and O–H groups in total. The number of nitrogens with zero attached hydrogens (tertiary/aromatic N) is 1. The molecule has 1 aliphatic carbocycles. The average Bonchev–Trinajstić information content (AvgIpc) is 2.51. The van der Waals surface area contributed by atoms with E-state index < -0.39 is 0 Å². The molecule has 0 spiro atoms. The van der Waals surface area contributed by atoms with E-state index >= 15 is 0 Å². The van der Waals surface area contributed by atoms with Crippen LogP contribution in [0.5, 0.6) is 0 Å².